The van der Waals surface area contributed by atoms with Gasteiger partial charge in [-0.2, -0.15) is 0 Å². The Morgan fingerprint density at radius 3 is 1.20 bits per heavy atom. The molecule has 0 saturated heterocycles. The van der Waals surface area contributed by atoms with Gasteiger partial charge in [-0.1, -0.05) is 0 Å². The summed E-state index contributed by atoms with van der Waals surface area (Å²) in [5, 5.41) is 0. The van der Waals surface area contributed by atoms with Gasteiger partial charge in [0.1, 0.15) is 0 Å². The first-order chi connectivity index (χ1) is 24.2. The van der Waals surface area contributed by atoms with Crippen molar-refractivity contribution in [1.82, 2.24) is 0 Å². The van der Waals surface area contributed by atoms with Crippen LogP contribution in [0.25, 0.3) is 34.4 Å². The predicted molar refractivity (Wildman–Crippen MR) is 220 cm³/mol. The van der Waals surface area contributed by atoms with Crippen LogP contribution in [0.1, 0.15) is 134 Å². The Hall–Kier alpha value is -2.54. The minimum atomic E-state index is -2.29. The van der Waals surface area contributed by atoms with Crippen LogP contribution in [-0.4, -0.2) is 5.92 Å². The molecular formula is C48H61SiZr. The number of allylic oxidation sites excluding steroid dienone is 2. The van der Waals surface area contributed by atoms with E-state index in [9.17, 15) is 0 Å². The average Bonchev–Trinajstić information content (AvgIpc) is 3.73. The van der Waals surface area contributed by atoms with Gasteiger partial charge in [-0.25, -0.2) is 0 Å². The van der Waals surface area contributed by atoms with E-state index in [4.69, 9.17) is 0 Å². The molecule has 0 spiro atoms. The zero-order valence-corrected chi connectivity index (χ0v) is 36.2. The van der Waals surface area contributed by atoms with Gasteiger partial charge in [0, 0.05) is 0 Å². The summed E-state index contributed by atoms with van der Waals surface area (Å²) in [4.78, 5) is 0. The van der Waals surface area contributed by atoms with Crippen LogP contribution in [0, 0.1) is 11.8 Å². The summed E-state index contributed by atoms with van der Waals surface area (Å²) in [7, 11) is 0. The molecule has 2 aliphatic carbocycles. The molecule has 6 unspecified atom stereocenters. The van der Waals surface area contributed by atoms with Crippen molar-refractivity contribution in [2.24, 2.45) is 11.8 Å². The molecule has 2 heteroatoms. The third kappa shape index (κ3) is 6.74. The quantitative estimate of drug-likeness (QED) is 0.119. The molecule has 0 nitrogen and oxygen atoms in total. The van der Waals surface area contributed by atoms with Crippen LogP contribution in [0.15, 0.2) is 96.1 Å². The molecule has 0 aromatic heterocycles. The number of hydrogen-bond acceptors (Lipinski definition) is 0. The molecule has 0 radical (unpaired) electrons. The molecule has 2 aliphatic rings. The summed E-state index contributed by atoms with van der Waals surface area (Å²) in [5.74, 6) is 1.27. The van der Waals surface area contributed by atoms with E-state index >= 15 is 0 Å². The van der Waals surface area contributed by atoms with Crippen molar-refractivity contribution in [3.8, 4) is 22.3 Å². The van der Waals surface area contributed by atoms with Gasteiger partial charge in [0.05, 0.1) is 0 Å². The third-order valence-corrected chi connectivity index (χ3v) is 34.2. The summed E-state index contributed by atoms with van der Waals surface area (Å²) in [6.07, 6.45) is 10.2. The third-order valence-electron chi connectivity index (χ3n) is 12.7. The van der Waals surface area contributed by atoms with Crippen molar-refractivity contribution in [2.45, 2.75) is 113 Å². The average molecular weight is 757 g/mol. The molecule has 0 N–H and O–H groups in total. The van der Waals surface area contributed by atoms with Crippen LogP contribution >= 0.6 is 0 Å². The van der Waals surface area contributed by atoms with Gasteiger partial charge in [0.15, 0.2) is 0 Å². The minimum absolute atomic E-state index is 0.546. The molecule has 6 atom stereocenters. The van der Waals surface area contributed by atoms with Crippen molar-refractivity contribution in [3.63, 3.8) is 0 Å². The summed E-state index contributed by atoms with van der Waals surface area (Å²) < 4.78 is 1.29. The van der Waals surface area contributed by atoms with Crippen LogP contribution in [0.4, 0.5) is 0 Å². The van der Waals surface area contributed by atoms with Crippen LogP contribution in [-0.2, 0) is 20.9 Å². The maximum absolute atomic E-state index is 2.73. The molecular weight excluding hydrogens is 696 g/mol. The molecule has 6 rings (SSSR count). The first-order valence-corrected chi connectivity index (χ1v) is 29.9. The van der Waals surface area contributed by atoms with Crippen molar-refractivity contribution < 1.29 is 20.9 Å². The fraction of sp³-hybridized carbons (Fsp3) is 0.417. The van der Waals surface area contributed by atoms with Crippen molar-refractivity contribution in [3.05, 3.63) is 129 Å². The van der Waals surface area contributed by atoms with E-state index in [0.717, 1.165) is 12.8 Å². The second-order valence-corrected chi connectivity index (χ2v) is 35.9. The van der Waals surface area contributed by atoms with Gasteiger partial charge in [0.25, 0.3) is 0 Å². The first-order valence-electron chi connectivity index (χ1n) is 19.9. The normalized spacial score (nSPS) is 19.0. The molecule has 4 aromatic rings. The Bertz CT molecular complexity index is 1740. The number of fused-ring (bicyclic) bond motifs is 2. The Morgan fingerprint density at radius 1 is 0.480 bits per heavy atom. The van der Waals surface area contributed by atoms with Crippen LogP contribution in [0.3, 0.4) is 0 Å². The van der Waals surface area contributed by atoms with Crippen molar-refractivity contribution >= 4 is 18.1 Å². The summed E-state index contributed by atoms with van der Waals surface area (Å²) >= 11 is -2.29. The van der Waals surface area contributed by atoms with E-state index in [1.807, 2.05) is 0 Å². The molecule has 261 valence electrons. The Labute approximate surface area is 313 Å². The Morgan fingerprint density at radius 2 is 0.840 bits per heavy atom. The molecule has 4 aromatic carbocycles. The summed E-state index contributed by atoms with van der Waals surface area (Å²) in [6.45, 7) is 24.8. The standard InChI is InChI=1S/2C23H27.C2H7Si.Zr/c2*1-5-16(3)19-14-18-10-9-13-22(23(18)15-19)21-12-8-7-11-20(21)17(4)6-2;1-3-2;/h2*7-17H,5-6H2,1-4H3;3H,1-2H3;. The van der Waals surface area contributed by atoms with E-state index in [-0.39, 0.29) is 0 Å². The number of benzene rings is 4. The molecule has 50 heavy (non-hydrogen) atoms. The monoisotopic (exact) mass is 755 g/mol. The fourth-order valence-electron chi connectivity index (χ4n) is 9.01. The number of hydrogen-bond donors (Lipinski definition) is 0. The van der Waals surface area contributed by atoms with Crippen molar-refractivity contribution in [2.75, 3.05) is 0 Å². The fourth-order valence-corrected chi connectivity index (χ4v) is 32.1. The maximum atomic E-state index is 2.73. The van der Waals surface area contributed by atoms with Gasteiger partial charge in [-0.3, -0.25) is 0 Å². The molecule has 0 saturated carbocycles. The SMILES string of the molecule is CCC(C)C1=Cc2c(-c3ccccc3C(C)CC)cccc2[CH]1[Zr]([CH]1C(C(C)CC)=Cc2c(-c3ccccc3C(C)CC)cccc21)[SiH](C)C. The summed E-state index contributed by atoms with van der Waals surface area (Å²) in [5.41, 5.74) is 18.8. The topological polar surface area (TPSA) is 0 Å². The van der Waals surface area contributed by atoms with E-state index in [1.165, 1.54) is 46.2 Å². The van der Waals surface area contributed by atoms with Gasteiger partial charge in [0.2, 0.25) is 0 Å². The van der Waals surface area contributed by atoms with Crippen LogP contribution in [0.5, 0.6) is 0 Å². The molecule has 0 amide bonds. The number of rotatable bonds is 13. The first kappa shape index (κ1) is 37.2. The Kier molecular flexibility index (Phi) is 11.9. The van der Waals surface area contributed by atoms with Crippen molar-refractivity contribution in [1.29, 1.82) is 0 Å². The van der Waals surface area contributed by atoms with Gasteiger partial charge < -0.3 is 0 Å². The zero-order valence-electron chi connectivity index (χ0n) is 32.6. The van der Waals surface area contributed by atoms with E-state index in [1.54, 1.807) is 33.4 Å². The molecule has 0 bridgehead atoms. The van der Waals surface area contributed by atoms with E-state index in [2.05, 4.69) is 166 Å². The van der Waals surface area contributed by atoms with Gasteiger partial charge in [-0.05, 0) is 0 Å². The Balaban J connectivity index is 1.56. The molecule has 0 heterocycles. The van der Waals surface area contributed by atoms with Crippen LogP contribution in [0.2, 0.25) is 13.1 Å². The second kappa shape index (κ2) is 16.0. The van der Waals surface area contributed by atoms with Gasteiger partial charge >= 0.3 is 316 Å². The zero-order chi connectivity index (χ0) is 35.7. The molecule has 0 aliphatic heterocycles. The second-order valence-electron chi connectivity index (χ2n) is 15.8. The molecule has 0 fully saturated rings. The van der Waals surface area contributed by atoms with Crippen LogP contribution < -0.4 is 0 Å². The predicted octanol–water partition coefficient (Wildman–Crippen LogP) is 14.3. The van der Waals surface area contributed by atoms with Gasteiger partial charge in [-0.15, -0.1) is 0 Å². The van der Waals surface area contributed by atoms with E-state index < -0.39 is 26.8 Å². The summed E-state index contributed by atoms with van der Waals surface area (Å²) in [6, 6.07) is 33.3. The van der Waals surface area contributed by atoms with E-state index in [0.29, 0.717) is 30.9 Å².